The SMILES string of the molecule is CCc1ccc(C(O)C(C)(C)C#N)cc1. The Bertz CT molecular complexity index is 359. The zero-order valence-electron chi connectivity index (χ0n) is 9.49. The van der Waals surface area contributed by atoms with Crippen LogP contribution in [0.25, 0.3) is 0 Å². The number of nitriles is 1. The average molecular weight is 203 g/mol. The van der Waals surface area contributed by atoms with Crippen LogP contribution < -0.4 is 0 Å². The molecular formula is C13H17NO. The van der Waals surface area contributed by atoms with Crippen molar-refractivity contribution >= 4 is 0 Å². The molecule has 0 bridgehead atoms. The zero-order chi connectivity index (χ0) is 11.5. The van der Waals surface area contributed by atoms with Crippen molar-refractivity contribution in [2.24, 2.45) is 5.41 Å². The number of hydrogen-bond donors (Lipinski definition) is 1. The Morgan fingerprint density at radius 1 is 1.33 bits per heavy atom. The highest BCUT2D eigenvalue weighted by Crippen LogP contribution is 2.32. The van der Waals surface area contributed by atoms with E-state index in [1.807, 2.05) is 24.3 Å². The maximum atomic E-state index is 9.99. The van der Waals surface area contributed by atoms with Gasteiger partial charge in [-0.1, -0.05) is 31.2 Å². The minimum Gasteiger partial charge on any atom is -0.387 e. The van der Waals surface area contributed by atoms with E-state index in [9.17, 15) is 5.11 Å². The maximum absolute atomic E-state index is 9.99. The van der Waals surface area contributed by atoms with Crippen molar-refractivity contribution in [2.45, 2.75) is 33.3 Å². The molecule has 0 amide bonds. The molecule has 1 rings (SSSR count). The number of aliphatic hydroxyl groups is 1. The number of aryl methyl sites for hydroxylation is 1. The van der Waals surface area contributed by atoms with Gasteiger partial charge in [-0.25, -0.2) is 0 Å². The fourth-order valence-corrected chi connectivity index (χ4v) is 1.41. The van der Waals surface area contributed by atoms with E-state index in [0.29, 0.717) is 0 Å². The maximum Gasteiger partial charge on any atom is 0.0970 e. The lowest BCUT2D eigenvalue weighted by Crippen LogP contribution is -2.19. The molecule has 0 aliphatic rings. The largest absolute Gasteiger partial charge is 0.387 e. The van der Waals surface area contributed by atoms with E-state index in [-0.39, 0.29) is 0 Å². The van der Waals surface area contributed by atoms with E-state index in [1.54, 1.807) is 13.8 Å². The monoisotopic (exact) mass is 203 g/mol. The van der Waals surface area contributed by atoms with Crippen molar-refractivity contribution in [3.63, 3.8) is 0 Å². The number of hydrogen-bond acceptors (Lipinski definition) is 2. The number of aliphatic hydroxyl groups excluding tert-OH is 1. The summed E-state index contributed by atoms with van der Waals surface area (Å²) >= 11 is 0. The summed E-state index contributed by atoms with van der Waals surface area (Å²) < 4.78 is 0. The summed E-state index contributed by atoms with van der Waals surface area (Å²) in [6, 6.07) is 9.89. The van der Waals surface area contributed by atoms with Crippen molar-refractivity contribution in [1.29, 1.82) is 5.26 Å². The standard InChI is InChI=1S/C13H17NO/c1-4-10-5-7-11(8-6-10)12(15)13(2,3)9-14/h5-8,12,15H,4H2,1-3H3. The minimum atomic E-state index is -0.742. The minimum absolute atomic E-state index is 0.728. The molecule has 0 radical (unpaired) electrons. The van der Waals surface area contributed by atoms with E-state index in [0.717, 1.165) is 12.0 Å². The lowest BCUT2D eigenvalue weighted by atomic mass is 9.84. The summed E-state index contributed by atoms with van der Waals surface area (Å²) in [6.07, 6.45) is 0.256. The van der Waals surface area contributed by atoms with Crippen molar-refractivity contribution in [1.82, 2.24) is 0 Å². The van der Waals surface area contributed by atoms with E-state index < -0.39 is 11.5 Å². The Kier molecular flexibility index (Phi) is 3.49. The van der Waals surface area contributed by atoms with Crippen LogP contribution >= 0.6 is 0 Å². The van der Waals surface area contributed by atoms with E-state index in [4.69, 9.17) is 5.26 Å². The third-order valence-electron chi connectivity index (χ3n) is 2.68. The topological polar surface area (TPSA) is 44.0 Å². The van der Waals surface area contributed by atoms with Crippen LogP contribution in [-0.2, 0) is 6.42 Å². The summed E-state index contributed by atoms with van der Waals surface area (Å²) in [5.74, 6) is 0. The third kappa shape index (κ3) is 2.57. The first-order valence-corrected chi connectivity index (χ1v) is 5.19. The molecular weight excluding hydrogens is 186 g/mol. The van der Waals surface area contributed by atoms with Gasteiger partial charge in [-0.05, 0) is 31.4 Å². The van der Waals surface area contributed by atoms with Gasteiger partial charge in [-0.2, -0.15) is 5.26 Å². The molecule has 1 aromatic rings. The molecule has 0 aromatic heterocycles. The Labute approximate surface area is 91.2 Å². The van der Waals surface area contributed by atoms with Gasteiger partial charge in [0, 0.05) is 0 Å². The van der Waals surface area contributed by atoms with Gasteiger partial charge < -0.3 is 5.11 Å². The molecule has 1 unspecified atom stereocenters. The summed E-state index contributed by atoms with van der Waals surface area (Å²) in [7, 11) is 0. The molecule has 0 aliphatic carbocycles. The second kappa shape index (κ2) is 4.46. The second-order valence-electron chi connectivity index (χ2n) is 4.33. The lowest BCUT2D eigenvalue weighted by Gasteiger charge is -2.23. The van der Waals surface area contributed by atoms with Crippen LogP contribution in [0.15, 0.2) is 24.3 Å². The van der Waals surface area contributed by atoms with Crippen LogP contribution in [-0.4, -0.2) is 5.11 Å². The smallest absolute Gasteiger partial charge is 0.0970 e. The van der Waals surface area contributed by atoms with Crippen molar-refractivity contribution < 1.29 is 5.11 Å². The van der Waals surface area contributed by atoms with Gasteiger partial charge in [0.15, 0.2) is 0 Å². The summed E-state index contributed by atoms with van der Waals surface area (Å²) in [5, 5.41) is 18.9. The summed E-state index contributed by atoms with van der Waals surface area (Å²) in [6.45, 7) is 5.57. The molecule has 0 fully saturated rings. The fraction of sp³-hybridized carbons (Fsp3) is 0.462. The van der Waals surface area contributed by atoms with Gasteiger partial charge in [-0.15, -0.1) is 0 Å². The first-order chi connectivity index (χ1) is 7.01. The van der Waals surface area contributed by atoms with Crippen molar-refractivity contribution in [3.8, 4) is 6.07 Å². The van der Waals surface area contributed by atoms with Crippen LogP contribution in [0.4, 0.5) is 0 Å². The third-order valence-corrected chi connectivity index (χ3v) is 2.68. The molecule has 0 saturated heterocycles. The number of benzene rings is 1. The molecule has 2 heteroatoms. The van der Waals surface area contributed by atoms with Crippen LogP contribution in [0.5, 0.6) is 0 Å². The molecule has 1 aromatic carbocycles. The number of nitrogens with zero attached hydrogens (tertiary/aromatic N) is 1. The molecule has 80 valence electrons. The first kappa shape index (κ1) is 11.7. The van der Waals surface area contributed by atoms with E-state index in [1.165, 1.54) is 5.56 Å². The summed E-state index contributed by atoms with van der Waals surface area (Å²) in [5.41, 5.74) is 1.30. The molecule has 15 heavy (non-hydrogen) atoms. The molecule has 0 saturated carbocycles. The average Bonchev–Trinajstić information content (AvgIpc) is 2.28. The van der Waals surface area contributed by atoms with E-state index in [2.05, 4.69) is 13.0 Å². The number of rotatable bonds is 3. The Morgan fingerprint density at radius 3 is 2.27 bits per heavy atom. The van der Waals surface area contributed by atoms with Crippen LogP contribution in [0.3, 0.4) is 0 Å². The molecule has 0 aliphatic heterocycles. The fourth-order valence-electron chi connectivity index (χ4n) is 1.41. The van der Waals surface area contributed by atoms with Crippen molar-refractivity contribution in [3.05, 3.63) is 35.4 Å². The Balaban J connectivity index is 2.93. The van der Waals surface area contributed by atoms with Gasteiger partial charge >= 0.3 is 0 Å². The molecule has 0 heterocycles. The molecule has 1 atom stereocenters. The van der Waals surface area contributed by atoms with Gasteiger partial charge in [0.25, 0.3) is 0 Å². The zero-order valence-corrected chi connectivity index (χ0v) is 9.49. The normalized spacial score (nSPS) is 13.3. The molecule has 0 spiro atoms. The highest BCUT2D eigenvalue weighted by molar-refractivity contribution is 5.26. The molecule has 2 nitrogen and oxygen atoms in total. The highest BCUT2D eigenvalue weighted by Gasteiger charge is 2.28. The van der Waals surface area contributed by atoms with Crippen LogP contribution in [0.1, 0.15) is 38.0 Å². The van der Waals surface area contributed by atoms with Crippen LogP contribution in [0.2, 0.25) is 0 Å². The van der Waals surface area contributed by atoms with Gasteiger partial charge in [0.05, 0.1) is 17.6 Å². The van der Waals surface area contributed by atoms with Gasteiger partial charge in [0.2, 0.25) is 0 Å². The first-order valence-electron chi connectivity index (χ1n) is 5.19. The predicted octanol–water partition coefficient (Wildman–Crippen LogP) is 2.83. The van der Waals surface area contributed by atoms with Gasteiger partial charge in [-0.3, -0.25) is 0 Å². The molecule has 1 N–H and O–H groups in total. The van der Waals surface area contributed by atoms with Crippen LogP contribution in [0, 0.1) is 16.7 Å². The summed E-state index contributed by atoms with van der Waals surface area (Å²) in [4.78, 5) is 0. The highest BCUT2D eigenvalue weighted by atomic mass is 16.3. The van der Waals surface area contributed by atoms with E-state index >= 15 is 0 Å². The quantitative estimate of drug-likeness (QED) is 0.821. The Morgan fingerprint density at radius 2 is 1.87 bits per heavy atom. The van der Waals surface area contributed by atoms with Crippen molar-refractivity contribution in [2.75, 3.05) is 0 Å². The lowest BCUT2D eigenvalue weighted by molar-refractivity contribution is 0.0868. The Hall–Kier alpha value is -1.33. The predicted molar refractivity (Wildman–Crippen MR) is 60.2 cm³/mol. The van der Waals surface area contributed by atoms with Gasteiger partial charge in [0.1, 0.15) is 0 Å². The second-order valence-corrected chi connectivity index (χ2v) is 4.33.